The average Bonchev–Trinajstić information content (AvgIpc) is 2.65. The molecule has 0 amide bonds. The van der Waals surface area contributed by atoms with Crippen LogP contribution in [-0.4, -0.2) is 6.18 Å². The molecule has 2 aliphatic carbocycles. The molecule has 2 aliphatic rings. The second-order valence-electron chi connectivity index (χ2n) is 8.34. The molecule has 0 aromatic carbocycles. The maximum atomic E-state index is 13.4. The van der Waals surface area contributed by atoms with Gasteiger partial charge in [-0.15, -0.1) is 0 Å². The van der Waals surface area contributed by atoms with E-state index in [1.54, 1.807) is 0 Å². The van der Waals surface area contributed by atoms with Crippen molar-refractivity contribution in [2.24, 2.45) is 28.6 Å². The summed E-state index contributed by atoms with van der Waals surface area (Å²) in [6, 6.07) is 0. The van der Waals surface area contributed by atoms with Crippen LogP contribution in [0.1, 0.15) is 79.1 Å². The third kappa shape index (κ3) is 2.99. The molecule has 0 aliphatic heterocycles. The fraction of sp³-hybridized carbons (Fsp3) is 1.00. The quantitative estimate of drug-likeness (QED) is 0.537. The van der Waals surface area contributed by atoms with Crippen molar-refractivity contribution in [1.29, 1.82) is 0 Å². The van der Waals surface area contributed by atoms with E-state index in [-0.39, 0.29) is 11.3 Å². The van der Waals surface area contributed by atoms with Gasteiger partial charge in [-0.05, 0) is 61.7 Å². The van der Waals surface area contributed by atoms with Gasteiger partial charge in [-0.1, -0.05) is 40.5 Å². The van der Waals surface area contributed by atoms with Crippen LogP contribution in [0.4, 0.5) is 13.2 Å². The van der Waals surface area contributed by atoms with Crippen molar-refractivity contribution in [3.8, 4) is 0 Å². The van der Waals surface area contributed by atoms with E-state index in [0.29, 0.717) is 24.7 Å². The first-order chi connectivity index (χ1) is 9.62. The molecule has 0 bridgehead atoms. The smallest absolute Gasteiger partial charge is 0.170 e. The summed E-state index contributed by atoms with van der Waals surface area (Å²) in [6.45, 7) is 8.69. The van der Waals surface area contributed by atoms with Gasteiger partial charge in [-0.25, -0.2) is 0 Å². The Balaban J connectivity index is 1.99. The number of rotatable bonds is 5. The van der Waals surface area contributed by atoms with Crippen molar-refractivity contribution >= 4 is 0 Å². The van der Waals surface area contributed by atoms with Crippen LogP contribution < -0.4 is 0 Å². The first kappa shape index (κ1) is 17.1. The van der Waals surface area contributed by atoms with Gasteiger partial charge < -0.3 is 0 Å². The number of alkyl halides is 3. The Hall–Kier alpha value is -0.210. The summed E-state index contributed by atoms with van der Waals surface area (Å²) in [4.78, 5) is 0. The lowest BCUT2D eigenvalue weighted by Gasteiger charge is -2.48. The first-order valence-corrected chi connectivity index (χ1v) is 8.69. The van der Waals surface area contributed by atoms with Crippen molar-refractivity contribution in [2.75, 3.05) is 0 Å². The molecule has 0 spiro atoms. The van der Waals surface area contributed by atoms with Gasteiger partial charge in [0.1, 0.15) is 0 Å². The Labute approximate surface area is 127 Å². The maximum absolute atomic E-state index is 13.4. The van der Waals surface area contributed by atoms with Crippen LogP contribution in [0.25, 0.3) is 0 Å². The highest BCUT2D eigenvalue weighted by Crippen LogP contribution is 2.60. The Morgan fingerprint density at radius 3 is 2.10 bits per heavy atom. The molecule has 3 heteroatoms. The van der Waals surface area contributed by atoms with Crippen LogP contribution in [0.15, 0.2) is 0 Å². The lowest BCUT2D eigenvalue weighted by atomic mass is 9.58. The van der Waals surface area contributed by atoms with E-state index in [4.69, 9.17) is 0 Å². The van der Waals surface area contributed by atoms with E-state index in [0.717, 1.165) is 19.3 Å². The van der Waals surface area contributed by atoms with Gasteiger partial charge in [-0.3, -0.25) is 0 Å². The normalized spacial score (nSPS) is 34.0. The van der Waals surface area contributed by atoms with Gasteiger partial charge in [-0.2, -0.15) is 13.2 Å². The molecule has 0 N–H and O–H groups in total. The third-order valence-corrected chi connectivity index (χ3v) is 6.87. The van der Waals surface area contributed by atoms with E-state index in [1.807, 2.05) is 6.92 Å². The number of halogens is 3. The van der Waals surface area contributed by atoms with Gasteiger partial charge in [0.25, 0.3) is 0 Å². The van der Waals surface area contributed by atoms with E-state index in [9.17, 15) is 13.2 Å². The summed E-state index contributed by atoms with van der Waals surface area (Å²) in [5.74, 6) is 1.11. The predicted molar refractivity (Wildman–Crippen MR) is 81.0 cm³/mol. The van der Waals surface area contributed by atoms with Crippen molar-refractivity contribution in [3.05, 3.63) is 0 Å². The zero-order valence-electron chi connectivity index (χ0n) is 14.0. The highest BCUT2D eigenvalue weighted by molar-refractivity contribution is 4.98. The van der Waals surface area contributed by atoms with Gasteiger partial charge in [0, 0.05) is 0 Å². The zero-order valence-corrected chi connectivity index (χ0v) is 14.0. The summed E-state index contributed by atoms with van der Waals surface area (Å²) < 4.78 is 40.2. The zero-order chi connectivity index (χ0) is 15.9. The third-order valence-electron chi connectivity index (χ3n) is 6.87. The fourth-order valence-corrected chi connectivity index (χ4v) is 5.14. The summed E-state index contributed by atoms with van der Waals surface area (Å²) >= 11 is 0. The predicted octanol–water partition coefficient (Wildman–Crippen LogP) is 6.60. The lowest BCUT2D eigenvalue weighted by Crippen LogP contribution is -2.49. The van der Waals surface area contributed by atoms with E-state index >= 15 is 0 Å². The van der Waals surface area contributed by atoms with E-state index in [1.165, 1.54) is 19.3 Å². The molecule has 2 rings (SSSR count). The van der Waals surface area contributed by atoms with Gasteiger partial charge in [0.05, 0.1) is 5.41 Å². The topological polar surface area (TPSA) is 0 Å². The second kappa shape index (κ2) is 5.77. The Morgan fingerprint density at radius 2 is 1.67 bits per heavy atom. The molecule has 3 unspecified atom stereocenters. The van der Waals surface area contributed by atoms with Crippen LogP contribution in [0, 0.1) is 28.6 Å². The molecule has 2 fully saturated rings. The Kier molecular flexibility index (Phi) is 4.71. The second-order valence-corrected chi connectivity index (χ2v) is 8.34. The standard InChI is InChI=1S/C18H31F3/c1-13(2)15-7-5-9-16(15,4)12-8-14(3)17(10-6-11-17)18(19,20)21/h13-15H,5-12H2,1-4H3. The van der Waals surface area contributed by atoms with Crippen LogP contribution in [0.2, 0.25) is 0 Å². The molecule has 0 heterocycles. The van der Waals surface area contributed by atoms with Crippen LogP contribution >= 0.6 is 0 Å². The van der Waals surface area contributed by atoms with Gasteiger partial charge >= 0.3 is 6.18 Å². The molecule has 21 heavy (non-hydrogen) atoms. The number of hydrogen-bond donors (Lipinski definition) is 0. The summed E-state index contributed by atoms with van der Waals surface area (Å²) in [7, 11) is 0. The Bertz CT molecular complexity index is 354. The molecular weight excluding hydrogens is 273 g/mol. The maximum Gasteiger partial charge on any atom is 0.394 e. The van der Waals surface area contributed by atoms with Crippen molar-refractivity contribution < 1.29 is 13.2 Å². The summed E-state index contributed by atoms with van der Waals surface area (Å²) in [5.41, 5.74) is -1.10. The van der Waals surface area contributed by atoms with E-state index in [2.05, 4.69) is 20.8 Å². The van der Waals surface area contributed by atoms with Gasteiger partial charge in [0.15, 0.2) is 0 Å². The number of hydrogen-bond acceptors (Lipinski definition) is 0. The van der Waals surface area contributed by atoms with Crippen molar-refractivity contribution in [2.45, 2.75) is 85.2 Å². The largest absolute Gasteiger partial charge is 0.394 e. The molecule has 3 atom stereocenters. The molecule has 2 saturated carbocycles. The minimum absolute atomic E-state index is 0.225. The van der Waals surface area contributed by atoms with Gasteiger partial charge in [0.2, 0.25) is 0 Å². The highest BCUT2D eigenvalue weighted by atomic mass is 19.4. The molecule has 0 aromatic heterocycles. The minimum Gasteiger partial charge on any atom is -0.170 e. The van der Waals surface area contributed by atoms with Crippen LogP contribution in [0.5, 0.6) is 0 Å². The first-order valence-electron chi connectivity index (χ1n) is 8.69. The van der Waals surface area contributed by atoms with Crippen LogP contribution in [-0.2, 0) is 0 Å². The molecule has 0 saturated heterocycles. The Morgan fingerprint density at radius 1 is 1.05 bits per heavy atom. The molecule has 0 aromatic rings. The average molecular weight is 304 g/mol. The summed E-state index contributed by atoms with van der Waals surface area (Å²) in [5, 5.41) is 0. The molecular formula is C18H31F3. The fourth-order valence-electron chi connectivity index (χ4n) is 5.14. The van der Waals surface area contributed by atoms with Crippen LogP contribution in [0.3, 0.4) is 0 Å². The minimum atomic E-state index is -4.02. The van der Waals surface area contributed by atoms with Crippen molar-refractivity contribution in [3.63, 3.8) is 0 Å². The molecule has 0 radical (unpaired) electrons. The van der Waals surface area contributed by atoms with Crippen molar-refractivity contribution in [1.82, 2.24) is 0 Å². The summed E-state index contributed by atoms with van der Waals surface area (Å²) in [6.07, 6.45) is 2.83. The SMILES string of the molecule is CC(C)C1CCCC1(C)CCC(C)C1(C(F)(F)F)CCC1. The van der Waals surface area contributed by atoms with E-state index < -0.39 is 11.6 Å². The highest BCUT2D eigenvalue weighted by Gasteiger charge is 2.60. The lowest BCUT2D eigenvalue weighted by molar-refractivity contribution is -0.270. The monoisotopic (exact) mass is 304 g/mol. The molecule has 0 nitrogen and oxygen atoms in total. The molecule has 124 valence electrons.